The van der Waals surface area contributed by atoms with Crippen molar-refractivity contribution in [2.75, 3.05) is 6.61 Å². The van der Waals surface area contributed by atoms with Gasteiger partial charge in [0.15, 0.2) is 5.65 Å². The molecule has 1 atom stereocenters. The van der Waals surface area contributed by atoms with Crippen molar-refractivity contribution in [3.05, 3.63) is 24.0 Å². The zero-order valence-electron chi connectivity index (χ0n) is 14.3. The fraction of sp³-hybridized carbons (Fsp3) is 0.588. The second-order valence-electron chi connectivity index (χ2n) is 6.70. The topological polar surface area (TPSA) is 80.0 Å². The van der Waals surface area contributed by atoms with Crippen LogP contribution in [-0.2, 0) is 6.54 Å². The van der Waals surface area contributed by atoms with Gasteiger partial charge in [-0.1, -0.05) is 20.8 Å². The van der Waals surface area contributed by atoms with E-state index < -0.39 is 5.54 Å². The SMILES string of the molecule is CCC(C)(CCO)NC(=O)c1cnc2c(cnn2CC(C)C)c1. The van der Waals surface area contributed by atoms with Crippen LogP contribution in [0.15, 0.2) is 18.5 Å². The molecule has 0 aromatic carbocycles. The van der Waals surface area contributed by atoms with E-state index in [2.05, 4.69) is 29.2 Å². The average molecular weight is 318 g/mol. The van der Waals surface area contributed by atoms with Gasteiger partial charge in [0.2, 0.25) is 0 Å². The number of aliphatic hydroxyl groups excluding tert-OH is 1. The van der Waals surface area contributed by atoms with E-state index in [0.717, 1.165) is 24.0 Å². The summed E-state index contributed by atoms with van der Waals surface area (Å²) in [6.07, 6.45) is 4.61. The van der Waals surface area contributed by atoms with Crippen LogP contribution in [0.2, 0.25) is 0 Å². The second-order valence-corrected chi connectivity index (χ2v) is 6.70. The first-order chi connectivity index (χ1) is 10.9. The van der Waals surface area contributed by atoms with E-state index in [0.29, 0.717) is 17.9 Å². The summed E-state index contributed by atoms with van der Waals surface area (Å²) >= 11 is 0. The zero-order chi connectivity index (χ0) is 17.0. The minimum absolute atomic E-state index is 0.0455. The van der Waals surface area contributed by atoms with Crippen LogP contribution in [0.5, 0.6) is 0 Å². The number of carbonyl (C=O) groups excluding carboxylic acids is 1. The monoisotopic (exact) mass is 318 g/mol. The lowest BCUT2D eigenvalue weighted by Crippen LogP contribution is -2.46. The number of aromatic nitrogens is 3. The van der Waals surface area contributed by atoms with Crippen molar-refractivity contribution in [2.24, 2.45) is 5.92 Å². The highest BCUT2D eigenvalue weighted by atomic mass is 16.3. The minimum atomic E-state index is -0.414. The van der Waals surface area contributed by atoms with Crippen molar-refractivity contribution in [2.45, 2.75) is 52.6 Å². The third-order valence-corrected chi connectivity index (χ3v) is 4.14. The molecule has 6 nitrogen and oxygen atoms in total. The van der Waals surface area contributed by atoms with Crippen molar-refractivity contribution < 1.29 is 9.90 Å². The third-order valence-electron chi connectivity index (χ3n) is 4.14. The Hall–Kier alpha value is -1.95. The van der Waals surface area contributed by atoms with Crippen LogP contribution in [-0.4, -0.2) is 37.9 Å². The third kappa shape index (κ3) is 4.07. The molecule has 0 spiro atoms. The maximum absolute atomic E-state index is 12.5. The van der Waals surface area contributed by atoms with Crippen LogP contribution in [0.3, 0.4) is 0 Å². The van der Waals surface area contributed by atoms with E-state index >= 15 is 0 Å². The van der Waals surface area contributed by atoms with E-state index in [1.54, 1.807) is 12.4 Å². The molecule has 2 rings (SSSR count). The molecule has 2 aromatic heterocycles. The maximum Gasteiger partial charge on any atom is 0.253 e. The van der Waals surface area contributed by atoms with Crippen LogP contribution in [0.4, 0.5) is 0 Å². The Balaban J connectivity index is 2.22. The minimum Gasteiger partial charge on any atom is -0.396 e. The largest absolute Gasteiger partial charge is 0.396 e. The number of nitrogens with one attached hydrogen (secondary N) is 1. The Labute approximate surface area is 136 Å². The van der Waals surface area contributed by atoms with Gasteiger partial charge in [0.25, 0.3) is 5.91 Å². The van der Waals surface area contributed by atoms with Gasteiger partial charge in [0.05, 0.1) is 11.8 Å². The van der Waals surface area contributed by atoms with Gasteiger partial charge >= 0.3 is 0 Å². The van der Waals surface area contributed by atoms with Gasteiger partial charge in [-0.05, 0) is 31.7 Å². The van der Waals surface area contributed by atoms with Crippen LogP contribution in [0.25, 0.3) is 11.0 Å². The number of rotatable bonds is 7. The van der Waals surface area contributed by atoms with Gasteiger partial charge in [-0.3, -0.25) is 4.79 Å². The first-order valence-electron chi connectivity index (χ1n) is 8.13. The smallest absolute Gasteiger partial charge is 0.253 e. The number of hydrogen-bond acceptors (Lipinski definition) is 4. The van der Waals surface area contributed by atoms with Crippen LogP contribution >= 0.6 is 0 Å². The Morgan fingerprint density at radius 3 is 2.78 bits per heavy atom. The van der Waals surface area contributed by atoms with Crippen molar-refractivity contribution in [1.29, 1.82) is 0 Å². The molecule has 126 valence electrons. The molecule has 0 radical (unpaired) electrons. The lowest BCUT2D eigenvalue weighted by atomic mass is 9.94. The number of pyridine rings is 1. The fourth-order valence-electron chi connectivity index (χ4n) is 2.50. The molecule has 1 unspecified atom stereocenters. The summed E-state index contributed by atoms with van der Waals surface area (Å²) in [6.45, 7) is 9.03. The summed E-state index contributed by atoms with van der Waals surface area (Å²) in [5.74, 6) is 0.306. The van der Waals surface area contributed by atoms with E-state index in [9.17, 15) is 4.79 Å². The van der Waals surface area contributed by atoms with E-state index in [4.69, 9.17) is 5.11 Å². The molecule has 6 heteroatoms. The number of hydrogen-bond donors (Lipinski definition) is 2. The molecule has 0 aliphatic rings. The molecule has 0 aliphatic heterocycles. The van der Waals surface area contributed by atoms with Gasteiger partial charge in [0.1, 0.15) is 0 Å². The number of fused-ring (bicyclic) bond motifs is 1. The lowest BCUT2D eigenvalue weighted by Gasteiger charge is -2.28. The molecule has 0 saturated heterocycles. The van der Waals surface area contributed by atoms with Crippen molar-refractivity contribution in [1.82, 2.24) is 20.1 Å². The standard InChI is InChI=1S/C17H26N4O2/c1-5-17(4,6-7-22)20-16(23)14-8-13-10-19-21(11-12(2)3)15(13)18-9-14/h8-10,12,22H,5-7,11H2,1-4H3,(H,20,23). The zero-order valence-corrected chi connectivity index (χ0v) is 14.3. The molecule has 2 heterocycles. The average Bonchev–Trinajstić information content (AvgIpc) is 2.89. The first kappa shape index (κ1) is 17.4. The molecule has 0 bridgehead atoms. The normalized spacial score (nSPS) is 14.2. The van der Waals surface area contributed by atoms with E-state index in [1.165, 1.54) is 0 Å². The van der Waals surface area contributed by atoms with E-state index in [-0.39, 0.29) is 12.5 Å². The van der Waals surface area contributed by atoms with Gasteiger partial charge < -0.3 is 10.4 Å². The first-order valence-corrected chi connectivity index (χ1v) is 8.13. The number of carbonyl (C=O) groups is 1. The van der Waals surface area contributed by atoms with Gasteiger partial charge in [-0.2, -0.15) is 5.10 Å². The Morgan fingerprint density at radius 1 is 1.43 bits per heavy atom. The molecule has 23 heavy (non-hydrogen) atoms. The van der Waals surface area contributed by atoms with Crippen molar-refractivity contribution in [3.8, 4) is 0 Å². The van der Waals surface area contributed by atoms with Crippen LogP contribution in [0.1, 0.15) is 50.9 Å². The van der Waals surface area contributed by atoms with Gasteiger partial charge in [0, 0.05) is 30.3 Å². The molecule has 0 saturated carbocycles. The summed E-state index contributed by atoms with van der Waals surface area (Å²) < 4.78 is 1.86. The highest BCUT2D eigenvalue weighted by Gasteiger charge is 2.24. The number of aliphatic hydroxyl groups is 1. The quantitative estimate of drug-likeness (QED) is 0.821. The van der Waals surface area contributed by atoms with Crippen molar-refractivity contribution in [3.63, 3.8) is 0 Å². The number of nitrogens with zero attached hydrogens (tertiary/aromatic N) is 3. The summed E-state index contributed by atoms with van der Waals surface area (Å²) in [5.41, 5.74) is 0.894. The highest BCUT2D eigenvalue weighted by Crippen LogP contribution is 2.17. The Bertz CT molecular complexity index is 680. The molecule has 2 N–H and O–H groups in total. The predicted octanol–water partition coefficient (Wildman–Crippen LogP) is 2.37. The summed E-state index contributed by atoms with van der Waals surface area (Å²) in [5, 5.41) is 17.4. The Kier molecular flexibility index (Phi) is 5.36. The fourth-order valence-corrected chi connectivity index (χ4v) is 2.50. The molecule has 0 fully saturated rings. The van der Waals surface area contributed by atoms with Crippen LogP contribution < -0.4 is 5.32 Å². The summed E-state index contributed by atoms with van der Waals surface area (Å²) in [4.78, 5) is 16.9. The Morgan fingerprint density at radius 2 is 2.17 bits per heavy atom. The molecule has 2 aromatic rings. The van der Waals surface area contributed by atoms with Gasteiger partial charge in [-0.25, -0.2) is 9.67 Å². The molecule has 0 aliphatic carbocycles. The van der Waals surface area contributed by atoms with Crippen molar-refractivity contribution >= 4 is 16.9 Å². The second kappa shape index (κ2) is 7.08. The van der Waals surface area contributed by atoms with E-state index in [1.807, 2.05) is 24.6 Å². The molecular weight excluding hydrogens is 292 g/mol. The summed E-state index contributed by atoms with van der Waals surface area (Å²) in [6, 6.07) is 1.82. The molecule has 1 amide bonds. The van der Waals surface area contributed by atoms with Gasteiger partial charge in [-0.15, -0.1) is 0 Å². The van der Waals surface area contributed by atoms with Crippen LogP contribution in [0, 0.1) is 5.92 Å². The lowest BCUT2D eigenvalue weighted by molar-refractivity contribution is 0.0886. The number of amides is 1. The predicted molar refractivity (Wildman–Crippen MR) is 90.2 cm³/mol. The molecular formula is C17H26N4O2. The summed E-state index contributed by atoms with van der Waals surface area (Å²) in [7, 11) is 0. The highest BCUT2D eigenvalue weighted by molar-refractivity contribution is 5.97. The maximum atomic E-state index is 12.5.